The molecule has 0 amide bonds. The molecule has 0 saturated carbocycles. The summed E-state index contributed by atoms with van der Waals surface area (Å²) in [5.74, 6) is 0.575. The molecule has 6 nitrogen and oxygen atoms in total. The average molecular weight is 348 g/mol. The predicted octanol–water partition coefficient (Wildman–Crippen LogP) is 0.571. The highest BCUT2D eigenvalue weighted by atomic mass is 127. The molecule has 0 aliphatic carbocycles. The Balaban J connectivity index is 2.34. The lowest BCUT2D eigenvalue weighted by atomic mass is 10.2. The lowest BCUT2D eigenvalue weighted by Crippen LogP contribution is -2.32. The van der Waals surface area contributed by atoms with Crippen molar-refractivity contribution in [2.24, 2.45) is 0 Å². The summed E-state index contributed by atoms with van der Waals surface area (Å²) in [5.41, 5.74) is 0.401. The van der Waals surface area contributed by atoms with E-state index in [9.17, 15) is 9.59 Å². The van der Waals surface area contributed by atoms with Crippen LogP contribution in [0.15, 0.2) is 9.59 Å². The number of rotatable bonds is 3. The first-order valence-electron chi connectivity index (χ1n) is 5.34. The Morgan fingerprint density at radius 2 is 2.12 bits per heavy atom. The molecule has 0 aromatic carbocycles. The van der Waals surface area contributed by atoms with Gasteiger partial charge >= 0.3 is 5.69 Å². The van der Waals surface area contributed by atoms with Crippen molar-refractivity contribution in [2.75, 3.05) is 6.54 Å². The molecule has 2 heterocycles. The Labute approximate surface area is 111 Å². The molecule has 0 radical (unpaired) electrons. The smallest absolute Gasteiger partial charge is 0.325 e. The lowest BCUT2D eigenvalue weighted by molar-refractivity contribution is 0.437. The van der Waals surface area contributed by atoms with E-state index in [4.69, 9.17) is 5.41 Å². The van der Waals surface area contributed by atoms with Crippen molar-refractivity contribution in [1.29, 1.82) is 5.41 Å². The number of H-pyrrole nitrogens is 2. The molecule has 0 atom stereocenters. The minimum Gasteiger partial charge on any atom is -0.355 e. The van der Waals surface area contributed by atoms with E-state index in [1.807, 2.05) is 4.90 Å². The third kappa shape index (κ3) is 2.59. The number of hydrogen-bond acceptors (Lipinski definition) is 3. The Morgan fingerprint density at radius 1 is 1.35 bits per heavy atom. The molecular formula is C10H13IN4O2. The molecule has 0 spiro atoms. The standard InChI is InChI=1S/C10H13IN4O2/c11-4-6-7(13-10(17)14-9(6)16)5-15-3-1-2-8(15)12/h12H,1-5H2,(H2,13,14,16,17). The first-order valence-corrected chi connectivity index (χ1v) is 6.87. The van der Waals surface area contributed by atoms with Gasteiger partial charge in [-0.3, -0.25) is 15.2 Å². The van der Waals surface area contributed by atoms with Gasteiger partial charge in [0.2, 0.25) is 0 Å². The van der Waals surface area contributed by atoms with Crippen LogP contribution in [0.1, 0.15) is 24.1 Å². The number of halogens is 1. The number of amidine groups is 1. The van der Waals surface area contributed by atoms with Crippen LogP contribution >= 0.6 is 22.6 Å². The summed E-state index contributed by atoms with van der Waals surface area (Å²) in [6.07, 6.45) is 1.73. The highest BCUT2D eigenvalue weighted by molar-refractivity contribution is 14.1. The maximum atomic E-state index is 11.6. The lowest BCUT2D eigenvalue weighted by Gasteiger charge is -2.18. The molecule has 1 saturated heterocycles. The highest BCUT2D eigenvalue weighted by Gasteiger charge is 2.19. The molecule has 0 unspecified atom stereocenters. The van der Waals surface area contributed by atoms with Gasteiger partial charge in [-0.2, -0.15) is 0 Å². The zero-order valence-corrected chi connectivity index (χ0v) is 11.3. The topological polar surface area (TPSA) is 92.8 Å². The summed E-state index contributed by atoms with van der Waals surface area (Å²) in [7, 11) is 0. The van der Waals surface area contributed by atoms with E-state index in [1.54, 1.807) is 0 Å². The van der Waals surface area contributed by atoms with Crippen LogP contribution in [0.4, 0.5) is 0 Å². The van der Waals surface area contributed by atoms with E-state index >= 15 is 0 Å². The van der Waals surface area contributed by atoms with E-state index in [0.717, 1.165) is 19.4 Å². The molecule has 1 aromatic rings. The fourth-order valence-corrected chi connectivity index (χ4v) is 2.74. The van der Waals surface area contributed by atoms with Crippen molar-refractivity contribution in [1.82, 2.24) is 14.9 Å². The molecule has 2 rings (SSSR count). The van der Waals surface area contributed by atoms with E-state index in [-0.39, 0.29) is 5.56 Å². The zero-order valence-electron chi connectivity index (χ0n) is 9.18. The van der Waals surface area contributed by atoms with Gasteiger partial charge in [0.1, 0.15) is 0 Å². The fourth-order valence-electron chi connectivity index (χ4n) is 1.93. The summed E-state index contributed by atoms with van der Waals surface area (Å²) in [6, 6.07) is 0. The van der Waals surface area contributed by atoms with E-state index in [1.165, 1.54) is 0 Å². The maximum absolute atomic E-state index is 11.6. The van der Waals surface area contributed by atoms with Gasteiger partial charge in [0.25, 0.3) is 5.56 Å². The van der Waals surface area contributed by atoms with Crippen molar-refractivity contribution in [3.05, 3.63) is 32.1 Å². The Hall–Kier alpha value is -1.12. The van der Waals surface area contributed by atoms with Crippen molar-refractivity contribution in [3.63, 3.8) is 0 Å². The van der Waals surface area contributed by atoms with E-state index < -0.39 is 5.69 Å². The van der Waals surface area contributed by atoms with E-state index in [0.29, 0.717) is 28.1 Å². The fraction of sp³-hybridized carbons (Fsp3) is 0.500. The number of nitrogens with one attached hydrogen (secondary N) is 3. The van der Waals surface area contributed by atoms with Gasteiger partial charge < -0.3 is 9.88 Å². The number of hydrogen-bond donors (Lipinski definition) is 3. The molecule has 1 aliphatic rings. The SMILES string of the molecule is N=C1CCCN1Cc1[nH]c(=O)[nH]c(=O)c1CI. The van der Waals surface area contributed by atoms with Gasteiger partial charge in [0, 0.05) is 28.7 Å². The first kappa shape index (κ1) is 12.3. The molecule has 7 heteroatoms. The quantitative estimate of drug-likeness (QED) is 0.551. The Kier molecular flexibility index (Phi) is 3.65. The Bertz CT molecular complexity index is 548. The second-order valence-corrected chi connectivity index (χ2v) is 4.73. The van der Waals surface area contributed by atoms with Crippen LogP contribution in [0, 0.1) is 5.41 Å². The number of aromatic nitrogens is 2. The molecule has 1 aromatic heterocycles. The second kappa shape index (κ2) is 5.03. The zero-order chi connectivity index (χ0) is 12.4. The van der Waals surface area contributed by atoms with Crippen LogP contribution in [-0.2, 0) is 11.0 Å². The third-order valence-corrected chi connectivity index (χ3v) is 3.60. The normalized spacial score (nSPS) is 15.6. The van der Waals surface area contributed by atoms with Gasteiger partial charge in [-0.1, -0.05) is 22.6 Å². The van der Waals surface area contributed by atoms with Gasteiger partial charge in [-0.25, -0.2) is 4.79 Å². The summed E-state index contributed by atoms with van der Waals surface area (Å²) in [5, 5.41) is 7.74. The number of aromatic amines is 2. The highest BCUT2D eigenvalue weighted by Crippen LogP contribution is 2.14. The molecular weight excluding hydrogens is 335 g/mol. The van der Waals surface area contributed by atoms with E-state index in [2.05, 4.69) is 32.6 Å². The van der Waals surface area contributed by atoms with Crippen LogP contribution in [0.5, 0.6) is 0 Å². The monoisotopic (exact) mass is 348 g/mol. The van der Waals surface area contributed by atoms with Crippen molar-refractivity contribution >= 4 is 28.4 Å². The van der Waals surface area contributed by atoms with Crippen molar-refractivity contribution < 1.29 is 0 Å². The third-order valence-electron chi connectivity index (χ3n) is 2.84. The predicted molar refractivity (Wildman–Crippen MR) is 72.8 cm³/mol. The average Bonchev–Trinajstić information content (AvgIpc) is 2.64. The van der Waals surface area contributed by atoms with Crippen LogP contribution in [0.2, 0.25) is 0 Å². The minimum absolute atomic E-state index is 0.330. The molecule has 92 valence electrons. The maximum Gasteiger partial charge on any atom is 0.325 e. The number of nitrogens with zero attached hydrogens (tertiary/aromatic N) is 1. The molecule has 0 bridgehead atoms. The van der Waals surface area contributed by atoms with Crippen molar-refractivity contribution in [2.45, 2.75) is 23.8 Å². The number of alkyl halides is 1. The van der Waals surface area contributed by atoms with Gasteiger partial charge in [-0.15, -0.1) is 0 Å². The van der Waals surface area contributed by atoms with Gasteiger partial charge in [-0.05, 0) is 6.42 Å². The van der Waals surface area contributed by atoms with Gasteiger partial charge in [0.15, 0.2) is 0 Å². The summed E-state index contributed by atoms with van der Waals surface area (Å²) in [6.45, 7) is 1.25. The second-order valence-electron chi connectivity index (χ2n) is 3.97. The minimum atomic E-state index is -0.482. The summed E-state index contributed by atoms with van der Waals surface area (Å²) in [4.78, 5) is 29.6. The molecule has 1 aliphatic heterocycles. The molecule has 17 heavy (non-hydrogen) atoms. The van der Waals surface area contributed by atoms with Crippen LogP contribution in [0.25, 0.3) is 0 Å². The Morgan fingerprint density at radius 3 is 2.71 bits per heavy atom. The van der Waals surface area contributed by atoms with Crippen LogP contribution in [-0.4, -0.2) is 27.2 Å². The number of likely N-dealkylation sites (tertiary alicyclic amines) is 1. The first-order chi connectivity index (χ1) is 8.11. The largest absolute Gasteiger partial charge is 0.355 e. The van der Waals surface area contributed by atoms with Gasteiger partial charge in [0.05, 0.1) is 12.4 Å². The van der Waals surface area contributed by atoms with Crippen LogP contribution in [0.3, 0.4) is 0 Å². The summed E-state index contributed by atoms with van der Waals surface area (Å²) < 4.78 is 0.542. The summed E-state index contributed by atoms with van der Waals surface area (Å²) >= 11 is 2.09. The molecule has 1 fully saturated rings. The van der Waals surface area contributed by atoms with Crippen molar-refractivity contribution in [3.8, 4) is 0 Å². The van der Waals surface area contributed by atoms with Crippen LogP contribution < -0.4 is 11.2 Å². The molecule has 3 N–H and O–H groups in total.